The molecule has 3 heteroatoms. The van der Waals surface area contributed by atoms with Gasteiger partial charge in [-0.25, -0.2) is 0 Å². The van der Waals surface area contributed by atoms with E-state index >= 15 is 0 Å². The lowest BCUT2D eigenvalue weighted by molar-refractivity contribution is 0.0965. The van der Waals surface area contributed by atoms with Gasteiger partial charge < -0.3 is 0 Å². The summed E-state index contributed by atoms with van der Waals surface area (Å²) in [5.41, 5.74) is 1.49. The molecule has 0 N–H and O–H groups in total. The van der Waals surface area contributed by atoms with Crippen LogP contribution in [-0.4, -0.2) is 10.5 Å². The molecule has 88 valence electrons. The summed E-state index contributed by atoms with van der Waals surface area (Å²) >= 11 is 5.97. The van der Waals surface area contributed by atoms with Crippen molar-refractivity contribution in [2.45, 2.75) is 0 Å². The minimum Gasteiger partial charge on any atom is -0.283 e. The van der Waals surface area contributed by atoms with Gasteiger partial charge in [0.2, 0.25) is 0 Å². The first-order valence-corrected chi connectivity index (χ1v) is 6.00. The second kappa shape index (κ2) is 4.31. The Balaban J connectivity index is 2.15. The predicted octanol–water partition coefficient (Wildman–Crippen LogP) is 3.98. The number of carbonyl (C=O) groups is 1. The van der Waals surface area contributed by atoms with Crippen molar-refractivity contribution in [1.82, 2.24) is 4.57 Å². The van der Waals surface area contributed by atoms with Crippen LogP contribution in [0.5, 0.6) is 0 Å². The highest BCUT2D eigenvalue weighted by molar-refractivity contribution is 6.31. The third kappa shape index (κ3) is 1.81. The van der Waals surface area contributed by atoms with E-state index in [1.807, 2.05) is 36.4 Å². The Morgan fingerprint density at radius 2 is 1.78 bits per heavy atom. The smallest absolute Gasteiger partial charge is 0.262 e. The maximum atomic E-state index is 12.4. The standard InChI is InChI=1S/C15H10ClNO/c16-13-7-6-11-8-9-17(14(11)10-13)15(18)12-4-2-1-3-5-12/h1-10H. The molecular weight excluding hydrogens is 246 g/mol. The monoisotopic (exact) mass is 255 g/mol. The number of benzene rings is 2. The second-order valence-corrected chi connectivity index (χ2v) is 4.50. The molecule has 0 atom stereocenters. The van der Waals surface area contributed by atoms with E-state index in [1.165, 1.54) is 0 Å². The van der Waals surface area contributed by atoms with Gasteiger partial charge in [0.25, 0.3) is 5.91 Å². The zero-order valence-electron chi connectivity index (χ0n) is 9.51. The van der Waals surface area contributed by atoms with Crippen LogP contribution in [0, 0.1) is 0 Å². The lowest BCUT2D eigenvalue weighted by atomic mass is 10.2. The molecular formula is C15H10ClNO. The summed E-state index contributed by atoms with van der Waals surface area (Å²) in [7, 11) is 0. The highest BCUT2D eigenvalue weighted by Gasteiger charge is 2.10. The lowest BCUT2D eigenvalue weighted by Crippen LogP contribution is -2.10. The van der Waals surface area contributed by atoms with Crippen LogP contribution in [0.25, 0.3) is 10.9 Å². The number of hydrogen-bond donors (Lipinski definition) is 0. The Kier molecular flexibility index (Phi) is 2.65. The summed E-state index contributed by atoms with van der Waals surface area (Å²) in [5.74, 6) is -0.0483. The van der Waals surface area contributed by atoms with E-state index in [-0.39, 0.29) is 5.91 Å². The molecule has 0 fully saturated rings. The third-order valence-electron chi connectivity index (χ3n) is 2.89. The average molecular weight is 256 g/mol. The van der Waals surface area contributed by atoms with Gasteiger partial charge in [0, 0.05) is 22.2 Å². The molecule has 0 spiro atoms. The summed E-state index contributed by atoms with van der Waals surface area (Å²) < 4.78 is 1.62. The molecule has 2 nitrogen and oxygen atoms in total. The molecule has 18 heavy (non-hydrogen) atoms. The van der Waals surface area contributed by atoms with Crippen LogP contribution < -0.4 is 0 Å². The minimum absolute atomic E-state index is 0.0483. The molecule has 0 aliphatic carbocycles. The first kappa shape index (κ1) is 11.1. The summed E-state index contributed by atoms with van der Waals surface area (Å²) in [5, 5.41) is 1.63. The molecule has 0 unspecified atom stereocenters. The van der Waals surface area contributed by atoms with E-state index in [2.05, 4.69) is 0 Å². The number of rotatable bonds is 1. The van der Waals surface area contributed by atoms with E-state index in [4.69, 9.17) is 11.6 Å². The van der Waals surface area contributed by atoms with E-state index in [0.29, 0.717) is 10.6 Å². The molecule has 3 aromatic rings. The van der Waals surface area contributed by atoms with Crippen molar-refractivity contribution in [3.63, 3.8) is 0 Å². The minimum atomic E-state index is -0.0483. The quantitative estimate of drug-likeness (QED) is 0.645. The van der Waals surface area contributed by atoms with E-state index in [1.54, 1.807) is 29.0 Å². The van der Waals surface area contributed by atoms with Gasteiger partial charge in [0.1, 0.15) is 0 Å². The number of halogens is 1. The van der Waals surface area contributed by atoms with Gasteiger partial charge in [0.15, 0.2) is 0 Å². The Morgan fingerprint density at radius 3 is 2.56 bits per heavy atom. The van der Waals surface area contributed by atoms with Gasteiger partial charge in [-0.15, -0.1) is 0 Å². The molecule has 1 aromatic heterocycles. The number of nitrogens with zero attached hydrogens (tertiary/aromatic N) is 1. The maximum absolute atomic E-state index is 12.4. The van der Waals surface area contributed by atoms with E-state index < -0.39 is 0 Å². The third-order valence-corrected chi connectivity index (χ3v) is 3.13. The fourth-order valence-electron chi connectivity index (χ4n) is 2.00. The summed E-state index contributed by atoms with van der Waals surface area (Å²) in [6.07, 6.45) is 1.77. The van der Waals surface area contributed by atoms with Gasteiger partial charge in [-0.05, 0) is 30.3 Å². The van der Waals surface area contributed by atoms with Gasteiger partial charge in [-0.3, -0.25) is 9.36 Å². The Hall–Kier alpha value is -2.06. The first-order chi connectivity index (χ1) is 8.75. The Morgan fingerprint density at radius 1 is 1.00 bits per heavy atom. The SMILES string of the molecule is O=C(c1ccccc1)n1ccc2ccc(Cl)cc21. The molecule has 0 aliphatic heterocycles. The number of hydrogen-bond acceptors (Lipinski definition) is 1. The Bertz CT molecular complexity index is 716. The Labute approximate surface area is 109 Å². The summed E-state index contributed by atoms with van der Waals surface area (Å²) in [6, 6.07) is 16.6. The first-order valence-electron chi connectivity index (χ1n) is 5.62. The molecule has 1 heterocycles. The molecule has 0 amide bonds. The summed E-state index contributed by atoms with van der Waals surface area (Å²) in [6.45, 7) is 0. The molecule has 3 rings (SSSR count). The topological polar surface area (TPSA) is 22.0 Å². The zero-order valence-corrected chi connectivity index (χ0v) is 10.3. The van der Waals surface area contributed by atoms with Gasteiger partial charge in [-0.1, -0.05) is 35.9 Å². The molecule has 2 aromatic carbocycles. The van der Waals surface area contributed by atoms with Crippen LogP contribution in [0.4, 0.5) is 0 Å². The highest BCUT2D eigenvalue weighted by Crippen LogP contribution is 2.21. The van der Waals surface area contributed by atoms with E-state index in [0.717, 1.165) is 10.9 Å². The van der Waals surface area contributed by atoms with Gasteiger partial charge in [0.05, 0.1) is 5.52 Å². The predicted molar refractivity (Wildman–Crippen MR) is 73.1 cm³/mol. The van der Waals surface area contributed by atoms with Crippen LogP contribution in [-0.2, 0) is 0 Å². The largest absolute Gasteiger partial charge is 0.283 e. The average Bonchev–Trinajstić information content (AvgIpc) is 2.82. The van der Waals surface area contributed by atoms with Crippen LogP contribution >= 0.6 is 11.6 Å². The van der Waals surface area contributed by atoms with Crippen LogP contribution in [0.1, 0.15) is 10.4 Å². The van der Waals surface area contributed by atoms with Crippen molar-refractivity contribution in [3.8, 4) is 0 Å². The fourth-order valence-corrected chi connectivity index (χ4v) is 2.16. The van der Waals surface area contributed by atoms with Crippen LogP contribution in [0.3, 0.4) is 0 Å². The fraction of sp³-hybridized carbons (Fsp3) is 0. The van der Waals surface area contributed by atoms with Crippen molar-refractivity contribution in [1.29, 1.82) is 0 Å². The number of fused-ring (bicyclic) bond motifs is 1. The van der Waals surface area contributed by atoms with E-state index in [9.17, 15) is 4.79 Å². The van der Waals surface area contributed by atoms with Crippen LogP contribution in [0.2, 0.25) is 5.02 Å². The van der Waals surface area contributed by atoms with Gasteiger partial charge in [-0.2, -0.15) is 0 Å². The summed E-state index contributed by atoms with van der Waals surface area (Å²) in [4.78, 5) is 12.4. The molecule has 0 bridgehead atoms. The molecule has 0 radical (unpaired) electrons. The van der Waals surface area contributed by atoms with Gasteiger partial charge >= 0.3 is 0 Å². The second-order valence-electron chi connectivity index (χ2n) is 4.06. The normalized spacial score (nSPS) is 10.7. The molecule has 0 saturated carbocycles. The lowest BCUT2D eigenvalue weighted by Gasteiger charge is -2.04. The highest BCUT2D eigenvalue weighted by atomic mass is 35.5. The van der Waals surface area contributed by atoms with Crippen molar-refractivity contribution < 1.29 is 4.79 Å². The van der Waals surface area contributed by atoms with Crippen molar-refractivity contribution >= 4 is 28.4 Å². The van der Waals surface area contributed by atoms with Crippen molar-refractivity contribution in [3.05, 3.63) is 71.4 Å². The molecule has 0 aliphatic rings. The maximum Gasteiger partial charge on any atom is 0.262 e. The van der Waals surface area contributed by atoms with Crippen molar-refractivity contribution in [2.75, 3.05) is 0 Å². The van der Waals surface area contributed by atoms with Crippen molar-refractivity contribution in [2.24, 2.45) is 0 Å². The number of carbonyl (C=O) groups excluding carboxylic acids is 1. The zero-order chi connectivity index (χ0) is 12.5. The molecule has 0 saturated heterocycles. The number of aromatic nitrogens is 1. The van der Waals surface area contributed by atoms with Crippen LogP contribution in [0.15, 0.2) is 60.8 Å².